The molecule has 8 nitrogen and oxygen atoms in total. The van der Waals surface area contributed by atoms with Gasteiger partial charge < -0.3 is 25.8 Å². The maximum Gasteiger partial charge on any atom is 0.255 e. The lowest BCUT2D eigenvalue weighted by molar-refractivity contribution is -0.122. The molecule has 0 aliphatic carbocycles. The molecule has 0 bridgehead atoms. The quantitative estimate of drug-likeness (QED) is 0.286. The summed E-state index contributed by atoms with van der Waals surface area (Å²) in [5.74, 6) is 1.02. The second kappa shape index (κ2) is 12.5. The predicted octanol–water partition coefficient (Wildman–Crippen LogP) is 4.65. The highest BCUT2D eigenvalue weighted by Gasteiger charge is 2.20. The summed E-state index contributed by atoms with van der Waals surface area (Å²) < 4.78 is 10.5. The van der Waals surface area contributed by atoms with Gasteiger partial charge in [-0.1, -0.05) is 36.4 Å². The van der Waals surface area contributed by atoms with E-state index in [1.165, 1.54) is 0 Å². The van der Waals surface area contributed by atoms with Crippen LogP contribution in [-0.4, -0.2) is 31.0 Å². The van der Waals surface area contributed by atoms with Crippen molar-refractivity contribution >= 4 is 17.5 Å². The van der Waals surface area contributed by atoms with E-state index in [9.17, 15) is 9.59 Å². The normalized spacial score (nSPS) is 11.5. The van der Waals surface area contributed by atoms with E-state index in [0.29, 0.717) is 11.3 Å². The monoisotopic (exact) mass is 510 g/mol. The standard InChI is InChI=1S/C30H30N4O4/c1-37-25-11-7-21(8-12-25)29(22-9-13-26(38-2)14-10-22)34-28(35)19-27(31)20-3-5-23(6-4-20)30(36)33-24-15-17-32-18-16-24/h3-18,27,29H,19,31H2,1-2H3,(H,34,35)(H,32,33,36). The van der Waals surface area contributed by atoms with Crippen molar-refractivity contribution in [2.75, 3.05) is 19.5 Å². The second-order valence-electron chi connectivity index (χ2n) is 8.67. The molecule has 1 aromatic heterocycles. The van der Waals surface area contributed by atoms with Gasteiger partial charge >= 0.3 is 0 Å². The minimum absolute atomic E-state index is 0.0748. The zero-order chi connectivity index (χ0) is 26.9. The molecule has 0 saturated carbocycles. The Labute approximate surface area is 221 Å². The summed E-state index contributed by atoms with van der Waals surface area (Å²) in [6.45, 7) is 0. The Kier molecular flexibility index (Phi) is 8.69. The molecular formula is C30H30N4O4. The molecule has 3 aromatic carbocycles. The first-order chi connectivity index (χ1) is 18.5. The lowest BCUT2D eigenvalue weighted by Crippen LogP contribution is -2.31. The van der Waals surface area contributed by atoms with Crippen molar-refractivity contribution in [3.8, 4) is 11.5 Å². The van der Waals surface area contributed by atoms with E-state index in [-0.39, 0.29) is 24.3 Å². The molecule has 4 N–H and O–H groups in total. The fraction of sp³-hybridized carbons (Fsp3) is 0.167. The third-order valence-electron chi connectivity index (χ3n) is 6.15. The summed E-state index contributed by atoms with van der Waals surface area (Å²) in [5, 5.41) is 5.93. The van der Waals surface area contributed by atoms with Crippen molar-refractivity contribution < 1.29 is 19.1 Å². The van der Waals surface area contributed by atoms with E-state index in [4.69, 9.17) is 15.2 Å². The molecule has 1 heterocycles. The second-order valence-corrected chi connectivity index (χ2v) is 8.67. The molecule has 0 aliphatic heterocycles. The number of aromatic nitrogens is 1. The van der Waals surface area contributed by atoms with Crippen LogP contribution in [0.3, 0.4) is 0 Å². The predicted molar refractivity (Wildman–Crippen MR) is 146 cm³/mol. The maximum atomic E-state index is 13.1. The summed E-state index contributed by atoms with van der Waals surface area (Å²) >= 11 is 0. The number of carbonyl (C=O) groups is 2. The Bertz CT molecular complexity index is 1290. The van der Waals surface area contributed by atoms with Crippen molar-refractivity contribution in [1.82, 2.24) is 10.3 Å². The molecule has 1 unspecified atom stereocenters. The summed E-state index contributed by atoms with van der Waals surface area (Å²) in [6, 6.07) is 24.5. The number of methoxy groups -OCH3 is 2. The molecule has 2 amide bonds. The number of hydrogen-bond donors (Lipinski definition) is 3. The van der Waals surface area contributed by atoms with Gasteiger partial charge in [-0.3, -0.25) is 14.6 Å². The van der Waals surface area contributed by atoms with Crippen LogP contribution in [0.2, 0.25) is 0 Å². The molecule has 4 rings (SSSR count). The topological polar surface area (TPSA) is 116 Å². The first kappa shape index (κ1) is 26.4. The Morgan fingerprint density at radius 3 is 1.76 bits per heavy atom. The minimum atomic E-state index is -0.542. The van der Waals surface area contributed by atoms with Crippen LogP contribution in [0.25, 0.3) is 0 Å². The molecule has 0 saturated heterocycles. The molecule has 4 aromatic rings. The SMILES string of the molecule is COc1ccc(C(NC(=O)CC(N)c2ccc(C(=O)Nc3ccncc3)cc2)c2ccc(OC)cc2)cc1. The number of benzene rings is 3. The van der Waals surface area contributed by atoms with Gasteiger partial charge in [-0.05, 0) is 65.2 Å². The largest absolute Gasteiger partial charge is 0.497 e. The Balaban J connectivity index is 1.43. The average molecular weight is 511 g/mol. The van der Waals surface area contributed by atoms with Crippen LogP contribution in [0.5, 0.6) is 11.5 Å². The van der Waals surface area contributed by atoms with Crippen LogP contribution in [0, 0.1) is 0 Å². The Hall–Kier alpha value is -4.69. The fourth-order valence-electron chi connectivity index (χ4n) is 4.01. The molecule has 0 radical (unpaired) electrons. The summed E-state index contributed by atoms with van der Waals surface area (Å²) in [7, 11) is 3.22. The van der Waals surface area contributed by atoms with Gasteiger partial charge in [0.2, 0.25) is 5.91 Å². The van der Waals surface area contributed by atoms with Gasteiger partial charge in [-0.15, -0.1) is 0 Å². The van der Waals surface area contributed by atoms with Crippen LogP contribution >= 0.6 is 0 Å². The van der Waals surface area contributed by atoms with Gasteiger partial charge in [0.1, 0.15) is 11.5 Å². The van der Waals surface area contributed by atoms with Gasteiger partial charge in [0.25, 0.3) is 5.91 Å². The maximum absolute atomic E-state index is 13.1. The Morgan fingerprint density at radius 1 is 0.763 bits per heavy atom. The van der Waals surface area contributed by atoms with E-state index in [1.807, 2.05) is 48.5 Å². The van der Waals surface area contributed by atoms with E-state index >= 15 is 0 Å². The van der Waals surface area contributed by atoms with Crippen molar-refractivity contribution in [3.05, 3.63) is 120 Å². The van der Waals surface area contributed by atoms with Gasteiger partial charge in [0.05, 0.1) is 20.3 Å². The van der Waals surface area contributed by atoms with E-state index in [2.05, 4.69) is 15.6 Å². The number of ether oxygens (including phenoxy) is 2. The smallest absolute Gasteiger partial charge is 0.255 e. The van der Waals surface area contributed by atoms with Crippen LogP contribution in [0.15, 0.2) is 97.3 Å². The summed E-state index contributed by atoms with van der Waals surface area (Å²) in [6.07, 6.45) is 3.29. The molecule has 8 heteroatoms. The molecule has 194 valence electrons. The molecule has 0 aliphatic rings. The lowest BCUT2D eigenvalue weighted by atomic mass is 9.97. The summed E-state index contributed by atoms with van der Waals surface area (Å²) in [5.41, 5.74) is 10.1. The van der Waals surface area contributed by atoms with Gasteiger partial charge in [-0.25, -0.2) is 0 Å². The van der Waals surface area contributed by atoms with Gasteiger partial charge in [-0.2, -0.15) is 0 Å². The first-order valence-corrected chi connectivity index (χ1v) is 12.1. The number of nitrogens with zero attached hydrogens (tertiary/aromatic N) is 1. The molecule has 0 spiro atoms. The highest BCUT2D eigenvalue weighted by atomic mass is 16.5. The van der Waals surface area contributed by atoms with Crippen molar-refractivity contribution in [3.63, 3.8) is 0 Å². The number of carbonyl (C=O) groups excluding carboxylic acids is 2. The molecule has 1 atom stereocenters. The van der Waals surface area contributed by atoms with E-state index in [0.717, 1.165) is 28.2 Å². The first-order valence-electron chi connectivity index (χ1n) is 12.1. The Morgan fingerprint density at radius 2 is 1.26 bits per heavy atom. The highest BCUT2D eigenvalue weighted by molar-refractivity contribution is 6.04. The zero-order valence-corrected chi connectivity index (χ0v) is 21.3. The zero-order valence-electron chi connectivity index (χ0n) is 21.3. The number of rotatable bonds is 10. The van der Waals surface area contributed by atoms with Gasteiger partial charge in [0, 0.05) is 36.1 Å². The third kappa shape index (κ3) is 6.74. The van der Waals surface area contributed by atoms with Crippen molar-refractivity contribution in [2.24, 2.45) is 5.73 Å². The van der Waals surface area contributed by atoms with Crippen LogP contribution in [0.4, 0.5) is 5.69 Å². The van der Waals surface area contributed by atoms with Crippen LogP contribution < -0.4 is 25.8 Å². The molecular weight excluding hydrogens is 480 g/mol. The van der Waals surface area contributed by atoms with E-state index < -0.39 is 6.04 Å². The summed E-state index contributed by atoms with van der Waals surface area (Å²) in [4.78, 5) is 29.5. The number of pyridine rings is 1. The third-order valence-corrected chi connectivity index (χ3v) is 6.15. The number of nitrogens with two attached hydrogens (primary N) is 1. The van der Waals surface area contributed by atoms with Crippen molar-refractivity contribution in [1.29, 1.82) is 0 Å². The number of nitrogens with one attached hydrogen (secondary N) is 2. The number of anilines is 1. The highest BCUT2D eigenvalue weighted by Crippen LogP contribution is 2.27. The minimum Gasteiger partial charge on any atom is -0.497 e. The van der Waals surface area contributed by atoms with E-state index in [1.54, 1.807) is 63.0 Å². The average Bonchev–Trinajstić information content (AvgIpc) is 2.96. The fourth-order valence-corrected chi connectivity index (χ4v) is 4.01. The molecule has 38 heavy (non-hydrogen) atoms. The van der Waals surface area contributed by atoms with Crippen molar-refractivity contribution in [2.45, 2.75) is 18.5 Å². The number of amides is 2. The number of hydrogen-bond acceptors (Lipinski definition) is 6. The lowest BCUT2D eigenvalue weighted by Gasteiger charge is -2.22. The molecule has 0 fully saturated rings. The van der Waals surface area contributed by atoms with Gasteiger partial charge in [0.15, 0.2) is 0 Å². The van der Waals surface area contributed by atoms with Crippen LogP contribution in [-0.2, 0) is 4.79 Å². The van der Waals surface area contributed by atoms with Crippen LogP contribution in [0.1, 0.15) is 45.6 Å².